The van der Waals surface area contributed by atoms with Crippen LogP contribution in [0.15, 0.2) is 48.0 Å². The summed E-state index contributed by atoms with van der Waals surface area (Å²) in [5, 5.41) is 31.5. The molecule has 7 atom stereocenters. The summed E-state index contributed by atoms with van der Waals surface area (Å²) in [5.74, 6) is -7.52. The number of para-hydroxylation sites is 1. The van der Waals surface area contributed by atoms with Gasteiger partial charge in [0.2, 0.25) is 59.1 Å². The number of rotatable bonds is 27. The molecule has 2 aliphatic heterocycles. The zero-order valence-corrected chi connectivity index (χ0v) is 40.7. The van der Waals surface area contributed by atoms with E-state index >= 15 is 0 Å². The lowest BCUT2D eigenvalue weighted by Gasteiger charge is -2.30. The van der Waals surface area contributed by atoms with E-state index in [0.717, 1.165) is 10.9 Å². The standard InChI is InChI=1S/C46H66N16O11/c1-24(2)15-31(41(69)58-30(9-5-13-51-46(48)49)45(73)62-14-6-10-35(62)44(72)53-20-36(47)64)57-38(66)21-54-39(67)34(22-63)61-42(70)32(16-25-18-52-28-8-4-3-7-27(25)28)59-43(71)33(17-26-19-50-23-55-26)60-40(68)29-11-12-37(65)56-29/h3-4,7-8,18-19,23-24,29-35,52,63H,5-6,9-17,20-22H2,1-2H3,(H2,47,64)(H,50,55)(H,53,72)(H,54,67)(H,56,65)(H,57,66)(H,58,69)(H,59,71)(H,60,68)(H,61,70)(H4,48,49,51)/t29-,30-,31-,32-,33-,34-,35-/m0/s1. The van der Waals surface area contributed by atoms with Gasteiger partial charge in [0.05, 0.1) is 26.0 Å². The van der Waals surface area contributed by atoms with E-state index in [2.05, 4.69) is 62.5 Å². The average molecular weight is 1020 g/mol. The smallest absolute Gasteiger partial charge is 0.245 e. The van der Waals surface area contributed by atoms with E-state index in [9.17, 15) is 53.1 Å². The lowest BCUT2D eigenvalue weighted by molar-refractivity contribution is -0.142. The number of H-pyrrole nitrogens is 2. The van der Waals surface area contributed by atoms with Crippen LogP contribution < -0.4 is 59.7 Å². The van der Waals surface area contributed by atoms with Crippen LogP contribution in [0, 0.1) is 5.92 Å². The van der Waals surface area contributed by atoms with Gasteiger partial charge < -0.3 is 79.7 Å². The number of aromatic nitrogens is 3. The molecule has 2 saturated heterocycles. The Bertz CT molecular complexity index is 2490. The number of nitrogens with zero attached hydrogens (tertiary/aromatic N) is 3. The number of nitrogens with two attached hydrogens (primary N) is 3. The van der Waals surface area contributed by atoms with Crippen molar-refractivity contribution >= 4 is 75.9 Å². The van der Waals surface area contributed by atoms with Crippen LogP contribution in [0.2, 0.25) is 0 Å². The molecule has 17 N–H and O–H groups in total. The second-order valence-electron chi connectivity index (χ2n) is 18.2. The summed E-state index contributed by atoms with van der Waals surface area (Å²) in [6.45, 7) is 1.78. The average Bonchev–Trinajstić information content (AvgIpc) is 4.20. The molecule has 396 valence electrons. The van der Waals surface area contributed by atoms with Crippen LogP contribution in [-0.4, -0.2) is 165 Å². The Labute approximate surface area is 419 Å². The molecule has 0 bridgehead atoms. The van der Waals surface area contributed by atoms with Crippen molar-refractivity contribution in [2.24, 2.45) is 28.1 Å². The lowest BCUT2D eigenvalue weighted by atomic mass is 10.0. The van der Waals surface area contributed by atoms with Crippen molar-refractivity contribution in [2.45, 2.75) is 114 Å². The molecule has 10 amide bonds. The van der Waals surface area contributed by atoms with Gasteiger partial charge in [0.1, 0.15) is 42.3 Å². The number of hydrogen-bond donors (Lipinski definition) is 14. The molecule has 2 aromatic heterocycles. The number of primary amides is 1. The Morgan fingerprint density at radius 2 is 1.51 bits per heavy atom. The second kappa shape index (κ2) is 26.9. The van der Waals surface area contributed by atoms with Crippen LogP contribution in [0.4, 0.5) is 0 Å². The van der Waals surface area contributed by atoms with E-state index in [4.69, 9.17) is 17.2 Å². The maximum absolute atomic E-state index is 14.1. The van der Waals surface area contributed by atoms with Crippen molar-refractivity contribution in [1.82, 2.24) is 62.4 Å². The molecule has 2 aliphatic rings. The minimum absolute atomic E-state index is 0.0378. The van der Waals surface area contributed by atoms with Crippen molar-refractivity contribution in [1.29, 1.82) is 0 Å². The molecule has 27 nitrogen and oxygen atoms in total. The first-order chi connectivity index (χ1) is 34.8. The Balaban J connectivity index is 1.26. The number of aliphatic hydroxyl groups is 1. The van der Waals surface area contributed by atoms with Gasteiger partial charge in [-0.05, 0) is 56.1 Å². The van der Waals surface area contributed by atoms with E-state index in [1.54, 1.807) is 38.2 Å². The molecule has 27 heteroatoms. The van der Waals surface area contributed by atoms with Crippen LogP contribution in [0.1, 0.15) is 70.1 Å². The molecule has 2 fully saturated rings. The number of benzene rings is 1. The van der Waals surface area contributed by atoms with Crippen LogP contribution in [-0.2, 0) is 60.8 Å². The van der Waals surface area contributed by atoms with Gasteiger partial charge in [0.25, 0.3) is 0 Å². The monoisotopic (exact) mass is 1020 g/mol. The number of nitrogens with one attached hydrogen (secondary N) is 10. The summed E-state index contributed by atoms with van der Waals surface area (Å²) in [6, 6.07) is -1.36. The molecule has 0 unspecified atom stereocenters. The van der Waals surface area contributed by atoms with Gasteiger partial charge >= 0.3 is 0 Å². The third kappa shape index (κ3) is 16.8. The highest BCUT2D eigenvalue weighted by molar-refractivity contribution is 5.98. The number of amides is 10. The first kappa shape index (κ1) is 55.8. The third-order valence-electron chi connectivity index (χ3n) is 12.1. The highest BCUT2D eigenvalue weighted by atomic mass is 16.3. The number of guanidine groups is 1. The quantitative estimate of drug-likeness (QED) is 0.0194. The minimum atomic E-state index is -1.65. The van der Waals surface area contributed by atoms with E-state index in [1.807, 2.05) is 6.07 Å². The zero-order chi connectivity index (χ0) is 53.2. The summed E-state index contributed by atoms with van der Waals surface area (Å²) in [6.07, 6.45) is 5.75. The number of aromatic amines is 2. The predicted octanol–water partition coefficient (Wildman–Crippen LogP) is -4.82. The van der Waals surface area contributed by atoms with Gasteiger partial charge in [-0.25, -0.2) is 4.98 Å². The predicted molar refractivity (Wildman–Crippen MR) is 262 cm³/mol. The van der Waals surface area contributed by atoms with E-state index in [0.29, 0.717) is 24.1 Å². The van der Waals surface area contributed by atoms with Crippen LogP contribution in [0.3, 0.4) is 0 Å². The summed E-state index contributed by atoms with van der Waals surface area (Å²) in [5.41, 5.74) is 17.9. The summed E-state index contributed by atoms with van der Waals surface area (Å²) in [7, 11) is 0. The number of aliphatic imine (C=N–C) groups is 1. The fourth-order valence-corrected chi connectivity index (χ4v) is 8.44. The van der Waals surface area contributed by atoms with Gasteiger partial charge in [-0.3, -0.25) is 52.9 Å². The van der Waals surface area contributed by atoms with Crippen LogP contribution in [0.5, 0.6) is 0 Å². The fraction of sp³-hybridized carbons (Fsp3) is 0.522. The van der Waals surface area contributed by atoms with Gasteiger partial charge in [-0.2, -0.15) is 0 Å². The highest BCUT2D eigenvalue weighted by Gasteiger charge is 2.39. The number of imidazole rings is 1. The number of likely N-dealkylation sites (tertiary alicyclic amines) is 1. The third-order valence-corrected chi connectivity index (χ3v) is 12.1. The SMILES string of the molecule is CC(C)C[C@H](NC(=O)CNC(=O)[C@H](CO)NC(=O)[C@H](Cc1c[nH]c2ccccc12)NC(=O)[C@H](Cc1cnc[nH]1)NC(=O)[C@@H]1CCC(=O)N1)C(=O)N[C@@H](CCCN=C(N)N)C(=O)N1CCC[C@H]1C(=O)NCC(N)=O. The Hall–Kier alpha value is -8.10. The van der Waals surface area contributed by atoms with Gasteiger partial charge in [-0.1, -0.05) is 32.0 Å². The van der Waals surface area contributed by atoms with Crippen molar-refractivity contribution in [3.05, 3.63) is 54.2 Å². The summed E-state index contributed by atoms with van der Waals surface area (Å²) >= 11 is 0. The maximum Gasteiger partial charge on any atom is 0.245 e. The lowest BCUT2D eigenvalue weighted by Crippen LogP contribution is -2.59. The summed E-state index contributed by atoms with van der Waals surface area (Å²) in [4.78, 5) is 148. The molecule has 5 rings (SSSR count). The molecule has 0 spiro atoms. The minimum Gasteiger partial charge on any atom is -0.394 e. The number of carbonyl (C=O) groups excluding carboxylic acids is 10. The molecular formula is C46H66N16O11. The zero-order valence-electron chi connectivity index (χ0n) is 40.7. The molecule has 1 aromatic carbocycles. The fourth-order valence-electron chi connectivity index (χ4n) is 8.44. The van der Waals surface area contributed by atoms with Crippen molar-refractivity contribution < 1.29 is 53.1 Å². The number of fused-ring (bicyclic) bond motifs is 1. The first-order valence-electron chi connectivity index (χ1n) is 24.0. The number of carbonyl (C=O) groups is 10. The number of hydrogen-bond acceptors (Lipinski definition) is 13. The van der Waals surface area contributed by atoms with Crippen LogP contribution >= 0.6 is 0 Å². The van der Waals surface area contributed by atoms with E-state index in [1.165, 1.54) is 17.4 Å². The van der Waals surface area contributed by atoms with Crippen molar-refractivity contribution in [3.8, 4) is 0 Å². The molecule has 0 saturated carbocycles. The number of aliphatic hydroxyl groups excluding tert-OH is 1. The normalized spacial score (nSPS) is 17.3. The van der Waals surface area contributed by atoms with Gasteiger partial charge in [-0.15, -0.1) is 0 Å². The largest absolute Gasteiger partial charge is 0.394 e. The van der Waals surface area contributed by atoms with E-state index in [-0.39, 0.29) is 75.8 Å². The van der Waals surface area contributed by atoms with E-state index < -0.39 is 115 Å². The summed E-state index contributed by atoms with van der Waals surface area (Å²) < 4.78 is 0. The van der Waals surface area contributed by atoms with Crippen molar-refractivity contribution in [3.63, 3.8) is 0 Å². The second-order valence-corrected chi connectivity index (χ2v) is 18.2. The van der Waals surface area contributed by atoms with Gasteiger partial charge in [0, 0.05) is 61.3 Å². The Morgan fingerprint density at radius 1 is 0.808 bits per heavy atom. The molecule has 4 heterocycles. The molecular weight excluding hydrogens is 953 g/mol. The van der Waals surface area contributed by atoms with Crippen molar-refractivity contribution in [2.75, 3.05) is 32.8 Å². The topological polar surface area (TPSA) is 425 Å². The highest BCUT2D eigenvalue weighted by Crippen LogP contribution is 2.21. The molecule has 0 aliphatic carbocycles. The van der Waals surface area contributed by atoms with Gasteiger partial charge in [0.15, 0.2) is 5.96 Å². The Morgan fingerprint density at radius 3 is 2.16 bits per heavy atom. The molecule has 3 aromatic rings. The Kier molecular flexibility index (Phi) is 20.6. The maximum atomic E-state index is 14.1. The first-order valence-corrected chi connectivity index (χ1v) is 24.0. The molecule has 0 radical (unpaired) electrons. The molecule has 73 heavy (non-hydrogen) atoms. The van der Waals surface area contributed by atoms with Crippen LogP contribution in [0.25, 0.3) is 10.9 Å².